The maximum absolute atomic E-state index is 10.3. The molecule has 1 aromatic heterocycles. The summed E-state index contributed by atoms with van der Waals surface area (Å²) in [6, 6.07) is 0. The fourth-order valence-corrected chi connectivity index (χ4v) is 1.29. The molecule has 0 radical (unpaired) electrons. The van der Waals surface area contributed by atoms with Crippen molar-refractivity contribution in [3.8, 4) is 0 Å². The molecule has 4 nitrogen and oxygen atoms in total. The number of carbonyl (C=O) groups is 1. The van der Waals surface area contributed by atoms with Crippen molar-refractivity contribution in [3.63, 3.8) is 0 Å². The van der Waals surface area contributed by atoms with Crippen molar-refractivity contribution in [2.45, 2.75) is 33.2 Å². The van der Waals surface area contributed by atoms with Crippen molar-refractivity contribution in [1.29, 1.82) is 0 Å². The van der Waals surface area contributed by atoms with Crippen LogP contribution in [0.2, 0.25) is 0 Å². The number of aromatic nitrogens is 2. The highest BCUT2D eigenvalue weighted by atomic mass is 16.4. The Morgan fingerprint density at radius 3 is 2.77 bits per heavy atom. The van der Waals surface area contributed by atoms with Crippen molar-refractivity contribution < 1.29 is 9.90 Å². The predicted molar refractivity (Wildman–Crippen MR) is 48.6 cm³/mol. The molecule has 13 heavy (non-hydrogen) atoms. The molecule has 1 rings (SSSR count). The molecule has 0 unspecified atom stereocenters. The average Bonchev–Trinajstić information content (AvgIpc) is 2.29. The van der Waals surface area contributed by atoms with Crippen LogP contribution in [0.3, 0.4) is 0 Å². The van der Waals surface area contributed by atoms with Crippen LogP contribution in [0, 0.1) is 13.8 Å². The van der Waals surface area contributed by atoms with Crippen molar-refractivity contribution >= 4 is 5.97 Å². The molecule has 0 aliphatic carbocycles. The lowest BCUT2D eigenvalue weighted by molar-refractivity contribution is -0.137. The Kier molecular flexibility index (Phi) is 3.06. The van der Waals surface area contributed by atoms with E-state index in [9.17, 15) is 4.79 Å². The van der Waals surface area contributed by atoms with E-state index in [1.807, 2.05) is 24.6 Å². The van der Waals surface area contributed by atoms with Crippen LogP contribution in [0.4, 0.5) is 0 Å². The summed E-state index contributed by atoms with van der Waals surface area (Å²) in [6.07, 6.45) is 2.82. The second-order valence-electron chi connectivity index (χ2n) is 3.12. The van der Waals surface area contributed by atoms with Crippen molar-refractivity contribution in [2.24, 2.45) is 0 Å². The second-order valence-corrected chi connectivity index (χ2v) is 3.12. The summed E-state index contributed by atoms with van der Waals surface area (Å²) in [5, 5.41) is 8.44. The molecule has 0 fully saturated rings. The first-order valence-corrected chi connectivity index (χ1v) is 4.32. The van der Waals surface area contributed by atoms with E-state index in [0.29, 0.717) is 6.42 Å². The van der Waals surface area contributed by atoms with Gasteiger partial charge in [0.15, 0.2) is 0 Å². The lowest BCUT2D eigenvalue weighted by atomic mass is 10.3. The number of carboxylic acid groups (broad SMARTS) is 1. The van der Waals surface area contributed by atoms with E-state index < -0.39 is 5.97 Å². The van der Waals surface area contributed by atoms with Gasteiger partial charge >= 0.3 is 5.97 Å². The molecule has 1 N–H and O–H groups in total. The van der Waals surface area contributed by atoms with Crippen LogP contribution in [0.15, 0.2) is 6.20 Å². The zero-order chi connectivity index (χ0) is 9.84. The number of rotatable bonds is 4. The molecule has 0 atom stereocenters. The minimum absolute atomic E-state index is 0.219. The highest BCUT2D eigenvalue weighted by molar-refractivity contribution is 5.66. The highest BCUT2D eigenvalue weighted by Crippen LogP contribution is 2.03. The molecule has 1 aromatic rings. The van der Waals surface area contributed by atoms with E-state index in [2.05, 4.69) is 4.98 Å². The van der Waals surface area contributed by atoms with Crippen LogP contribution < -0.4 is 0 Å². The number of imidazole rings is 1. The molecule has 0 amide bonds. The van der Waals surface area contributed by atoms with Crippen molar-refractivity contribution in [3.05, 3.63) is 17.7 Å². The van der Waals surface area contributed by atoms with Crippen LogP contribution in [0.1, 0.15) is 24.4 Å². The molecule has 0 saturated carbocycles. The topological polar surface area (TPSA) is 55.1 Å². The van der Waals surface area contributed by atoms with Crippen molar-refractivity contribution in [1.82, 2.24) is 9.55 Å². The first-order valence-electron chi connectivity index (χ1n) is 4.32. The number of carboxylic acids is 1. The maximum atomic E-state index is 10.3. The largest absolute Gasteiger partial charge is 0.481 e. The summed E-state index contributed by atoms with van der Waals surface area (Å²) in [5.74, 6) is 0.206. The molecule has 0 aromatic carbocycles. The van der Waals surface area contributed by atoms with Gasteiger partial charge < -0.3 is 9.67 Å². The van der Waals surface area contributed by atoms with Gasteiger partial charge in [-0.05, 0) is 20.3 Å². The summed E-state index contributed by atoms with van der Waals surface area (Å²) in [5.41, 5.74) is 0.979. The van der Waals surface area contributed by atoms with Gasteiger partial charge in [0.05, 0.1) is 5.69 Å². The lowest BCUT2D eigenvalue weighted by Gasteiger charge is -2.01. The number of hydrogen-bond acceptors (Lipinski definition) is 2. The SMILES string of the molecule is Cc1cn(CCCC(=O)O)c(C)n1. The van der Waals surface area contributed by atoms with Gasteiger partial charge in [-0.2, -0.15) is 0 Å². The van der Waals surface area contributed by atoms with Crippen LogP contribution in [0.25, 0.3) is 0 Å². The molecule has 0 aliphatic rings. The van der Waals surface area contributed by atoms with E-state index in [4.69, 9.17) is 5.11 Å². The van der Waals surface area contributed by atoms with Gasteiger partial charge in [0.1, 0.15) is 5.82 Å². The minimum Gasteiger partial charge on any atom is -0.481 e. The summed E-state index contributed by atoms with van der Waals surface area (Å²) in [4.78, 5) is 14.5. The predicted octanol–water partition coefficient (Wildman–Crippen LogP) is 1.36. The van der Waals surface area contributed by atoms with Crippen LogP contribution in [-0.2, 0) is 11.3 Å². The first-order chi connectivity index (χ1) is 6.09. The molecule has 4 heteroatoms. The number of hydrogen-bond donors (Lipinski definition) is 1. The van der Waals surface area contributed by atoms with E-state index in [1.165, 1.54) is 0 Å². The van der Waals surface area contributed by atoms with Crippen LogP contribution in [0.5, 0.6) is 0 Å². The third-order valence-electron chi connectivity index (χ3n) is 1.89. The van der Waals surface area contributed by atoms with Gasteiger partial charge in [-0.1, -0.05) is 0 Å². The molecule has 0 saturated heterocycles. The minimum atomic E-state index is -0.741. The Morgan fingerprint density at radius 2 is 2.31 bits per heavy atom. The fourth-order valence-electron chi connectivity index (χ4n) is 1.29. The van der Waals surface area contributed by atoms with E-state index >= 15 is 0 Å². The lowest BCUT2D eigenvalue weighted by Crippen LogP contribution is -2.02. The van der Waals surface area contributed by atoms with Crippen molar-refractivity contribution in [2.75, 3.05) is 0 Å². The van der Waals surface area contributed by atoms with E-state index in [0.717, 1.165) is 18.1 Å². The molecule has 1 heterocycles. The number of nitrogens with zero attached hydrogens (tertiary/aromatic N) is 2. The normalized spacial score (nSPS) is 10.3. The monoisotopic (exact) mass is 182 g/mol. The summed E-state index contributed by atoms with van der Waals surface area (Å²) in [7, 11) is 0. The van der Waals surface area contributed by atoms with Gasteiger partial charge in [0.25, 0.3) is 0 Å². The molecule has 72 valence electrons. The summed E-state index contributed by atoms with van der Waals surface area (Å²) < 4.78 is 1.98. The third-order valence-corrected chi connectivity index (χ3v) is 1.89. The Bertz CT molecular complexity index is 305. The number of aliphatic carboxylic acids is 1. The molecule has 0 aliphatic heterocycles. The summed E-state index contributed by atoms with van der Waals surface area (Å²) in [6.45, 7) is 4.59. The smallest absolute Gasteiger partial charge is 0.303 e. The molecular formula is C9H14N2O2. The average molecular weight is 182 g/mol. The maximum Gasteiger partial charge on any atom is 0.303 e. The quantitative estimate of drug-likeness (QED) is 0.765. The van der Waals surface area contributed by atoms with Gasteiger partial charge in [-0.15, -0.1) is 0 Å². The van der Waals surface area contributed by atoms with E-state index in [-0.39, 0.29) is 6.42 Å². The summed E-state index contributed by atoms with van der Waals surface area (Å²) >= 11 is 0. The Labute approximate surface area is 77.2 Å². The van der Waals surface area contributed by atoms with E-state index in [1.54, 1.807) is 0 Å². The van der Waals surface area contributed by atoms with Crippen LogP contribution >= 0.6 is 0 Å². The standard InChI is InChI=1S/C9H14N2O2/c1-7-6-11(8(2)10-7)5-3-4-9(12)13/h6H,3-5H2,1-2H3,(H,12,13). The molecular weight excluding hydrogens is 168 g/mol. The number of aryl methyl sites for hydroxylation is 3. The zero-order valence-corrected chi connectivity index (χ0v) is 7.95. The Morgan fingerprint density at radius 1 is 1.62 bits per heavy atom. The van der Waals surface area contributed by atoms with Crippen LogP contribution in [-0.4, -0.2) is 20.6 Å². The fraction of sp³-hybridized carbons (Fsp3) is 0.556. The van der Waals surface area contributed by atoms with Gasteiger partial charge in [-0.3, -0.25) is 4.79 Å². The van der Waals surface area contributed by atoms with Gasteiger partial charge in [0, 0.05) is 19.2 Å². The second kappa shape index (κ2) is 4.07. The Balaban J connectivity index is 2.45. The zero-order valence-electron chi connectivity index (χ0n) is 7.95. The van der Waals surface area contributed by atoms with Gasteiger partial charge in [0.2, 0.25) is 0 Å². The third kappa shape index (κ3) is 2.89. The first kappa shape index (κ1) is 9.77. The molecule has 0 bridgehead atoms. The highest BCUT2D eigenvalue weighted by Gasteiger charge is 2.01. The molecule has 0 spiro atoms. The Hall–Kier alpha value is -1.32. The van der Waals surface area contributed by atoms with Gasteiger partial charge in [-0.25, -0.2) is 4.98 Å².